The second kappa shape index (κ2) is 6.14. The van der Waals surface area contributed by atoms with Crippen LogP contribution in [0.2, 0.25) is 0 Å². The molecule has 16 heavy (non-hydrogen) atoms. The fourth-order valence-corrected chi connectivity index (χ4v) is 1.62. The number of nitrogens with zero attached hydrogens (tertiary/aromatic N) is 2. The molecule has 1 rings (SSSR count). The van der Waals surface area contributed by atoms with Crippen LogP contribution in [0.3, 0.4) is 0 Å². The van der Waals surface area contributed by atoms with Crippen LogP contribution < -0.4 is 0 Å². The van der Waals surface area contributed by atoms with Crippen molar-refractivity contribution in [1.82, 2.24) is 4.90 Å². The molecule has 0 heterocycles. The van der Waals surface area contributed by atoms with Gasteiger partial charge in [0.1, 0.15) is 11.8 Å². The third-order valence-corrected chi connectivity index (χ3v) is 2.64. The van der Waals surface area contributed by atoms with E-state index in [1.165, 1.54) is 0 Å². The van der Waals surface area contributed by atoms with Crippen LogP contribution in [0.4, 0.5) is 0 Å². The molecule has 0 aromatic heterocycles. The minimum atomic E-state index is -0.229. The Kier molecular flexibility index (Phi) is 4.81. The van der Waals surface area contributed by atoms with Gasteiger partial charge in [0.15, 0.2) is 0 Å². The van der Waals surface area contributed by atoms with Crippen LogP contribution in [0.1, 0.15) is 31.4 Å². The van der Waals surface area contributed by atoms with E-state index in [1.807, 2.05) is 11.9 Å². The fraction of sp³-hybridized carbons (Fsp3) is 0.462. The van der Waals surface area contributed by atoms with Crippen LogP contribution in [-0.2, 0) is 0 Å². The second-order valence-corrected chi connectivity index (χ2v) is 3.96. The maximum Gasteiger partial charge on any atom is 0.123 e. The lowest BCUT2D eigenvalue weighted by Gasteiger charge is -2.22. The molecule has 1 aromatic rings. The molecule has 1 atom stereocenters. The van der Waals surface area contributed by atoms with Crippen molar-refractivity contribution in [3.63, 3.8) is 0 Å². The monoisotopic (exact) mass is 218 g/mol. The Morgan fingerprint density at radius 1 is 1.38 bits per heavy atom. The smallest absolute Gasteiger partial charge is 0.123 e. The van der Waals surface area contributed by atoms with E-state index >= 15 is 0 Å². The average Bonchev–Trinajstić information content (AvgIpc) is 2.30. The lowest BCUT2D eigenvalue weighted by Crippen LogP contribution is -2.24. The van der Waals surface area contributed by atoms with Crippen LogP contribution in [0.15, 0.2) is 24.3 Å². The lowest BCUT2D eigenvalue weighted by atomic mass is 10.1. The minimum absolute atomic E-state index is 0.229. The first-order chi connectivity index (χ1) is 7.69. The van der Waals surface area contributed by atoms with Crippen LogP contribution in [0.25, 0.3) is 0 Å². The van der Waals surface area contributed by atoms with Gasteiger partial charge in [0.25, 0.3) is 0 Å². The lowest BCUT2D eigenvalue weighted by molar-refractivity contribution is 0.286. The molecule has 3 nitrogen and oxygen atoms in total. The molecule has 1 unspecified atom stereocenters. The number of unbranched alkanes of at least 4 members (excludes halogenated alkanes) is 1. The molecule has 86 valence electrons. The van der Waals surface area contributed by atoms with E-state index in [9.17, 15) is 5.11 Å². The van der Waals surface area contributed by atoms with Crippen molar-refractivity contribution < 1.29 is 5.11 Å². The molecule has 0 saturated carbocycles. The van der Waals surface area contributed by atoms with Crippen LogP contribution in [0, 0.1) is 11.3 Å². The second-order valence-electron chi connectivity index (χ2n) is 3.96. The zero-order valence-electron chi connectivity index (χ0n) is 9.85. The summed E-state index contributed by atoms with van der Waals surface area (Å²) < 4.78 is 0. The molecule has 0 bridgehead atoms. The summed E-state index contributed by atoms with van der Waals surface area (Å²) in [6, 6.07) is 8.89. The van der Waals surface area contributed by atoms with Crippen molar-refractivity contribution >= 4 is 0 Å². The molecule has 1 aromatic carbocycles. The number of nitriles is 1. The predicted octanol–water partition coefficient (Wildman–Crippen LogP) is 2.69. The summed E-state index contributed by atoms with van der Waals surface area (Å²) in [5, 5.41) is 18.4. The predicted molar refractivity (Wildman–Crippen MR) is 64.0 cm³/mol. The van der Waals surface area contributed by atoms with Crippen molar-refractivity contribution in [2.24, 2.45) is 0 Å². The number of aromatic hydroxyl groups is 1. The normalized spacial score (nSPS) is 12.4. The summed E-state index contributed by atoms with van der Waals surface area (Å²) in [5.41, 5.74) is 0.930. The van der Waals surface area contributed by atoms with Crippen molar-refractivity contribution in [3.8, 4) is 11.8 Å². The van der Waals surface area contributed by atoms with Gasteiger partial charge in [-0.1, -0.05) is 25.5 Å². The van der Waals surface area contributed by atoms with Gasteiger partial charge in [-0.05, 0) is 37.7 Å². The molecule has 0 fully saturated rings. The SMILES string of the molecule is CCCCN(C)C(C#N)c1ccc(O)cc1. The summed E-state index contributed by atoms with van der Waals surface area (Å²) in [5.74, 6) is 0.233. The Morgan fingerprint density at radius 2 is 2.00 bits per heavy atom. The van der Waals surface area contributed by atoms with Crippen LogP contribution in [0.5, 0.6) is 5.75 Å². The molecular formula is C13H18N2O. The highest BCUT2D eigenvalue weighted by Gasteiger charge is 2.15. The summed E-state index contributed by atoms with van der Waals surface area (Å²) in [6.07, 6.45) is 2.21. The highest BCUT2D eigenvalue weighted by molar-refractivity contribution is 5.30. The molecule has 0 amide bonds. The Morgan fingerprint density at radius 3 is 2.50 bits per heavy atom. The highest BCUT2D eigenvalue weighted by atomic mass is 16.3. The third-order valence-electron chi connectivity index (χ3n) is 2.64. The fourth-order valence-electron chi connectivity index (χ4n) is 1.62. The molecule has 0 spiro atoms. The van der Waals surface area contributed by atoms with Crippen molar-refractivity contribution in [2.45, 2.75) is 25.8 Å². The van der Waals surface area contributed by atoms with E-state index in [1.54, 1.807) is 24.3 Å². The van der Waals surface area contributed by atoms with E-state index in [4.69, 9.17) is 5.26 Å². The van der Waals surface area contributed by atoms with Gasteiger partial charge in [0, 0.05) is 0 Å². The number of hydrogen-bond acceptors (Lipinski definition) is 3. The minimum Gasteiger partial charge on any atom is -0.508 e. The van der Waals surface area contributed by atoms with Gasteiger partial charge in [-0.2, -0.15) is 5.26 Å². The first-order valence-corrected chi connectivity index (χ1v) is 5.57. The summed E-state index contributed by atoms with van der Waals surface area (Å²) in [7, 11) is 1.95. The molecule has 0 aliphatic carbocycles. The Hall–Kier alpha value is -1.53. The molecule has 0 radical (unpaired) electrons. The maximum atomic E-state index is 9.19. The van der Waals surface area contributed by atoms with Gasteiger partial charge >= 0.3 is 0 Å². The van der Waals surface area contributed by atoms with Crippen molar-refractivity contribution in [1.29, 1.82) is 5.26 Å². The van der Waals surface area contributed by atoms with Crippen molar-refractivity contribution in [2.75, 3.05) is 13.6 Å². The number of benzene rings is 1. The molecule has 1 N–H and O–H groups in total. The zero-order valence-corrected chi connectivity index (χ0v) is 9.85. The number of hydrogen-bond donors (Lipinski definition) is 1. The molecule has 0 saturated heterocycles. The zero-order chi connectivity index (χ0) is 12.0. The van der Waals surface area contributed by atoms with E-state index in [0.717, 1.165) is 24.9 Å². The topological polar surface area (TPSA) is 47.3 Å². The van der Waals surface area contributed by atoms with E-state index in [0.29, 0.717) is 0 Å². The maximum absolute atomic E-state index is 9.19. The number of rotatable bonds is 5. The molecule has 0 aliphatic rings. The quantitative estimate of drug-likeness (QED) is 0.826. The average molecular weight is 218 g/mol. The van der Waals surface area contributed by atoms with Crippen LogP contribution >= 0.6 is 0 Å². The number of phenolic OH excluding ortho intramolecular Hbond substituents is 1. The van der Waals surface area contributed by atoms with Gasteiger partial charge in [0.05, 0.1) is 6.07 Å². The first kappa shape index (κ1) is 12.5. The Labute approximate surface area is 96.9 Å². The molecule has 3 heteroatoms. The molecular weight excluding hydrogens is 200 g/mol. The van der Waals surface area contributed by atoms with Gasteiger partial charge in [-0.15, -0.1) is 0 Å². The standard InChI is InChI=1S/C13H18N2O/c1-3-4-9-15(2)13(10-14)11-5-7-12(16)8-6-11/h5-8,13,16H,3-4,9H2,1-2H3. The molecule has 0 aliphatic heterocycles. The number of phenols is 1. The Balaban J connectivity index is 2.74. The summed E-state index contributed by atoms with van der Waals surface area (Å²) >= 11 is 0. The third kappa shape index (κ3) is 3.25. The van der Waals surface area contributed by atoms with Crippen molar-refractivity contribution in [3.05, 3.63) is 29.8 Å². The highest BCUT2D eigenvalue weighted by Crippen LogP contribution is 2.21. The Bertz CT molecular complexity index is 353. The first-order valence-electron chi connectivity index (χ1n) is 5.57. The van der Waals surface area contributed by atoms with Gasteiger partial charge in [-0.3, -0.25) is 4.90 Å². The summed E-state index contributed by atoms with van der Waals surface area (Å²) in [4.78, 5) is 2.04. The summed E-state index contributed by atoms with van der Waals surface area (Å²) in [6.45, 7) is 3.05. The van der Waals surface area contributed by atoms with E-state index in [-0.39, 0.29) is 11.8 Å². The van der Waals surface area contributed by atoms with E-state index < -0.39 is 0 Å². The van der Waals surface area contributed by atoms with Gasteiger partial charge in [-0.25, -0.2) is 0 Å². The largest absolute Gasteiger partial charge is 0.508 e. The van der Waals surface area contributed by atoms with Crippen LogP contribution in [-0.4, -0.2) is 23.6 Å². The van der Waals surface area contributed by atoms with Gasteiger partial charge < -0.3 is 5.11 Å². The van der Waals surface area contributed by atoms with Gasteiger partial charge in [0.2, 0.25) is 0 Å². The van der Waals surface area contributed by atoms with E-state index in [2.05, 4.69) is 13.0 Å².